The van der Waals surface area contributed by atoms with E-state index in [1.54, 1.807) is 10.6 Å². The van der Waals surface area contributed by atoms with Crippen molar-refractivity contribution < 1.29 is 9.13 Å². The van der Waals surface area contributed by atoms with Crippen molar-refractivity contribution in [2.45, 2.75) is 27.0 Å². The highest BCUT2D eigenvalue weighted by Gasteiger charge is 2.20. The standard InChI is InChI=1S/C26H23FN2O2/c1-16(2)14-29-24-10-7-17(12-23(24)28-26(29)30)11-22-20-6-4-3-5-18(20)15-31-25-13-19(27)8-9-21(22)25/h3-13,16H,14-15H2,1-2H3,(H,28,30). The van der Waals surface area contributed by atoms with Gasteiger partial charge in [0.1, 0.15) is 18.2 Å². The summed E-state index contributed by atoms with van der Waals surface area (Å²) in [6, 6.07) is 18.7. The minimum absolute atomic E-state index is 0.0949. The Bertz CT molecular complexity index is 1380. The van der Waals surface area contributed by atoms with Gasteiger partial charge in [0.05, 0.1) is 11.0 Å². The van der Waals surface area contributed by atoms with Crippen LogP contribution >= 0.6 is 0 Å². The third-order valence-corrected chi connectivity index (χ3v) is 5.58. The number of imidazole rings is 1. The summed E-state index contributed by atoms with van der Waals surface area (Å²) in [5.74, 6) is 0.576. The number of nitrogens with one attached hydrogen (secondary N) is 1. The maximum Gasteiger partial charge on any atom is 0.326 e. The summed E-state index contributed by atoms with van der Waals surface area (Å²) in [4.78, 5) is 15.4. The molecule has 3 aromatic carbocycles. The largest absolute Gasteiger partial charge is 0.488 e. The second-order valence-electron chi connectivity index (χ2n) is 8.36. The number of aromatic amines is 1. The van der Waals surface area contributed by atoms with Gasteiger partial charge in [-0.15, -0.1) is 0 Å². The van der Waals surface area contributed by atoms with E-state index in [4.69, 9.17) is 4.74 Å². The van der Waals surface area contributed by atoms with Crippen LogP contribution in [0.2, 0.25) is 0 Å². The van der Waals surface area contributed by atoms with E-state index in [2.05, 4.69) is 31.0 Å². The van der Waals surface area contributed by atoms with Crippen molar-refractivity contribution in [3.05, 3.63) is 99.2 Å². The van der Waals surface area contributed by atoms with Gasteiger partial charge < -0.3 is 9.72 Å². The molecule has 0 spiro atoms. The maximum absolute atomic E-state index is 13.9. The third-order valence-electron chi connectivity index (χ3n) is 5.58. The molecule has 0 saturated heterocycles. The van der Waals surface area contributed by atoms with Gasteiger partial charge in [-0.2, -0.15) is 0 Å². The SMILES string of the molecule is CC(C)Cn1c(=O)[nH]c2cc(C=C3c4ccccc4COc4cc(F)ccc43)ccc21. The molecule has 0 bridgehead atoms. The molecule has 1 aromatic heterocycles. The summed E-state index contributed by atoms with van der Waals surface area (Å²) in [5, 5.41) is 0. The predicted molar refractivity (Wildman–Crippen MR) is 122 cm³/mol. The zero-order valence-electron chi connectivity index (χ0n) is 17.5. The molecule has 2 heterocycles. The number of H-pyrrole nitrogens is 1. The highest BCUT2D eigenvalue weighted by atomic mass is 19.1. The van der Waals surface area contributed by atoms with Crippen LogP contribution in [0, 0.1) is 11.7 Å². The molecule has 0 saturated carbocycles. The second kappa shape index (κ2) is 7.58. The molecular formula is C26H23FN2O2. The Morgan fingerprint density at radius 3 is 2.77 bits per heavy atom. The number of rotatable bonds is 3. The van der Waals surface area contributed by atoms with Gasteiger partial charge in [-0.3, -0.25) is 4.57 Å². The smallest absolute Gasteiger partial charge is 0.326 e. The van der Waals surface area contributed by atoms with E-state index in [0.29, 0.717) is 24.8 Å². The first kappa shape index (κ1) is 19.4. The molecule has 31 heavy (non-hydrogen) atoms. The number of benzene rings is 3. The number of ether oxygens (including phenoxy) is 1. The molecule has 1 aliphatic rings. The number of hydrogen-bond donors (Lipinski definition) is 1. The number of aromatic nitrogens is 2. The summed E-state index contributed by atoms with van der Waals surface area (Å²) in [6.45, 7) is 5.24. The quantitative estimate of drug-likeness (QED) is 0.474. The van der Waals surface area contributed by atoms with Crippen molar-refractivity contribution in [1.29, 1.82) is 0 Å². The molecule has 0 atom stereocenters. The van der Waals surface area contributed by atoms with Crippen molar-refractivity contribution in [1.82, 2.24) is 9.55 Å². The summed E-state index contributed by atoms with van der Waals surface area (Å²) < 4.78 is 21.6. The average Bonchev–Trinajstić information content (AvgIpc) is 2.96. The Labute approximate surface area is 179 Å². The van der Waals surface area contributed by atoms with Gasteiger partial charge in [0.15, 0.2) is 0 Å². The zero-order chi connectivity index (χ0) is 21.5. The summed E-state index contributed by atoms with van der Waals surface area (Å²) in [5.41, 5.74) is 6.46. The highest BCUT2D eigenvalue weighted by Crippen LogP contribution is 2.38. The van der Waals surface area contributed by atoms with Crippen LogP contribution < -0.4 is 10.4 Å². The van der Waals surface area contributed by atoms with Crippen molar-refractivity contribution in [2.24, 2.45) is 5.92 Å². The molecule has 4 aromatic rings. The van der Waals surface area contributed by atoms with Crippen LogP contribution in [0.15, 0.2) is 65.5 Å². The molecule has 0 unspecified atom stereocenters. The van der Waals surface area contributed by atoms with E-state index in [0.717, 1.165) is 38.9 Å². The molecule has 5 rings (SSSR count). The predicted octanol–water partition coefficient (Wildman–Crippen LogP) is 5.61. The average molecular weight is 414 g/mol. The molecule has 5 heteroatoms. The van der Waals surface area contributed by atoms with Crippen LogP contribution in [0.25, 0.3) is 22.7 Å². The molecule has 4 nitrogen and oxygen atoms in total. The van der Waals surface area contributed by atoms with Crippen molar-refractivity contribution in [3.63, 3.8) is 0 Å². The molecule has 156 valence electrons. The van der Waals surface area contributed by atoms with Crippen molar-refractivity contribution >= 4 is 22.7 Å². The van der Waals surface area contributed by atoms with Gasteiger partial charge >= 0.3 is 5.69 Å². The van der Waals surface area contributed by atoms with Crippen molar-refractivity contribution in [3.8, 4) is 5.75 Å². The van der Waals surface area contributed by atoms with Crippen LogP contribution in [0.1, 0.15) is 36.1 Å². The number of hydrogen-bond acceptors (Lipinski definition) is 2. The molecule has 0 amide bonds. The Morgan fingerprint density at radius 2 is 1.94 bits per heavy atom. The van der Waals surface area contributed by atoms with E-state index in [1.807, 2.05) is 36.4 Å². The fourth-order valence-electron chi connectivity index (χ4n) is 4.19. The van der Waals surface area contributed by atoms with Crippen molar-refractivity contribution in [2.75, 3.05) is 0 Å². The molecule has 0 radical (unpaired) electrons. The van der Waals surface area contributed by atoms with Crippen LogP contribution in [-0.2, 0) is 13.2 Å². The van der Waals surface area contributed by atoms with E-state index >= 15 is 0 Å². The van der Waals surface area contributed by atoms with Crippen LogP contribution in [0.5, 0.6) is 5.75 Å². The lowest BCUT2D eigenvalue weighted by Gasteiger charge is -2.11. The lowest BCUT2D eigenvalue weighted by Crippen LogP contribution is -2.19. The fraction of sp³-hybridized carbons (Fsp3) is 0.192. The van der Waals surface area contributed by atoms with Crippen LogP contribution in [-0.4, -0.2) is 9.55 Å². The van der Waals surface area contributed by atoms with E-state index < -0.39 is 0 Å². The molecule has 1 aliphatic heterocycles. The first-order chi connectivity index (χ1) is 15.0. The maximum atomic E-state index is 13.9. The van der Waals surface area contributed by atoms with Gasteiger partial charge in [0.2, 0.25) is 0 Å². The molecule has 1 N–H and O–H groups in total. The second-order valence-corrected chi connectivity index (χ2v) is 8.36. The normalized spacial score (nSPS) is 14.4. The zero-order valence-corrected chi connectivity index (χ0v) is 17.5. The van der Waals surface area contributed by atoms with Gasteiger partial charge in [0.25, 0.3) is 0 Å². The first-order valence-corrected chi connectivity index (χ1v) is 10.4. The van der Waals surface area contributed by atoms with E-state index in [1.165, 1.54) is 12.1 Å². The summed E-state index contributed by atoms with van der Waals surface area (Å²) in [6.07, 6.45) is 2.07. The topological polar surface area (TPSA) is 47.0 Å². The van der Waals surface area contributed by atoms with E-state index in [9.17, 15) is 9.18 Å². The van der Waals surface area contributed by atoms with E-state index in [-0.39, 0.29) is 11.5 Å². The number of halogens is 1. The summed E-state index contributed by atoms with van der Waals surface area (Å²) >= 11 is 0. The lowest BCUT2D eigenvalue weighted by molar-refractivity contribution is 0.305. The first-order valence-electron chi connectivity index (χ1n) is 10.4. The third kappa shape index (κ3) is 3.56. The Morgan fingerprint density at radius 1 is 1.10 bits per heavy atom. The Kier molecular flexibility index (Phi) is 4.74. The van der Waals surface area contributed by atoms with Gasteiger partial charge in [0, 0.05) is 18.2 Å². The van der Waals surface area contributed by atoms with Gasteiger partial charge in [-0.05, 0) is 58.5 Å². The molecule has 0 fully saturated rings. The minimum Gasteiger partial charge on any atom is -0.488 e. The number of nitrogens with zero attached hydrogens (tertiary/aromatic N) is 1. The lowest BCUT2D eigenvalue weighted by atomic mass is 9.92. The van der Waals surface area contributed by atoms with Crippen LogP contribution in [0.3, 0.4) is 0 Å². The molecule has 0 aliphatic carbocycles. The minimum atomic E-state index is -0.324. The fourth-order valence-corrected chi connectivity index (χ4v) is 4.19. The monoisotopic (exact) mass is 414 g/mol. The van der Waals surface area contributed by atoms with Crippen LogP contribution in [0.4, 0.5) is 4.39 Å². The number of fused-ring (bicyclic) bond motifs is 3. The highest BCUT2D eigenvalue weighted by molar-refractivity contribution is 5.95. The van der Waals surface area contributed by atoms with Gasteiger partial charge in [-0.25, -0.2) is 9.18 Å². The molecular weight excluding hydrogens is 391 g/mol. The Hall–Kier alpha value is -3.60. The Balaban J connectivity index is 1.68. The van der Waals surface area contributed by atoms with Gasteiger partial charge in [-0.1, -0.05) is 44.2 Å². The summed E-state index contributed by atoms with van der Waals surface area (Å²) in [7, 11) is 0.